The lowest BCUT2D eigenvalue weighted by Crippen LogP contribution is -2.81. The van der Waals surface area contributed by atoms with E-state index in [1.54, 1.807) is 36.4 Å². The largest absolute Gasteiger partial charge is 0.310 e. The first-order valence-corrected chi connectivity index (χ1v) is 16.1. The van der Waals surface area contributed by atoms with Crippen LogP contribution in [0.25, 0.3) is 21.5 Å². The topological polar surface area (TPSA) is 127 Å². The highest BCUT2D eigenvalue weighted by molar-refractivity contribution is 6.30. The fraction of sp³-hybridized carbons (Fsp3) is 0.351. The lowest BCUT2D eigenvalue weighted by molar-refractivity contribution is -0.0550. The maximum Gasteiger partial charge on any atom is 0.264 e. The van der Waals surface area contributed by atoms with E-state index in [4.69, 9.17) is 11.5 Å². The standard InChI is InChI=1S/C37H40N4O4/c1-3-5-6-7-8-13-23-37(36(38,39)22-4-2,40-32(42)28-20-18-24-14-9-11-16-26(24)30(28)34(40)44)41-33(43)29-21-19-25-15-10-12-17-27(25)31(29)35(41)45/h9-12,14-21H,3-8,13,22-23,38-39H2,1-2H3. The van der Waals surface area contributed by atoms with Crippen LogP contribution in [-0.4, -0.2) is 44.8 Å². The molecule has 4 amide bonds. The van der Waals surface area contributed by atoms with E-state index in [0.29, 0.717) is 23.6 Å². The SMILES string of the molecule is CCCCCCCCC(N1C(=O)c2ccc3ccccc3c2C1=O)(N1C(=O)c2ccc3ccccc3c2C1=O)C(N)(N)CCC. The van der Waals surface area contributed by atoms with Gasteiger partial charge < -0.3 is 11.5 Å². The minimum Gasteiger partial charge on any atom is -0.310 e. The van der Waals surface area contributed by atoms with Crippen LogP contribution < -0.4 is 11.5 Å². The zero-order valence-electron chi connectivity index (χ0n) is 26.0. The minimum atomic E-state index is -1.96. The van der Waals surface area contributed by atoms with E-state index in [-0.39, 0.29) is 35.1 Å². The molecule has 8 nitrogen and oxygen atoms in total. The van der Waals surface area contributed by atoms with Crippen molar-refractivity contribution in [1.82, 2.24) is 9.80 Å². The van der Waals surface area contributed by atoms with Crippen molar-refractivity contribution in [1.29, 1.82) is 0 Å². The van der Waals surface area contributed by atoms with E-state index < -0.39 is 35.0 Å². The van der Waals surface area contributed by atoms with Gasteiger partial charge in [0.2, 0.25) is 0 Å². The average Bonchev–Trinajstić information content (AvgIpc) is 3.45. The number of imide groups is 2. The quantitative estimate of drug-likeness (QED) is 0.105. The maximum absolute atomic E-state index is 14.7. The fourth-order valence-electron chi connectivity index (χ4n) is 7.42. The molecule has 0 bridgehead atoms. The molecule has 8 heteroatoms. The monoisotopic (exact) mass is 604 g/mol. The summed E-state index contributed by atoms with van der Waals surface area (Å²) in [5, 5.41) is 2.84. The van der Waals surface area contributed by atoms with E-state index in [2.05, 4.69) is 6.92 Å². The van der Waals surface area contributed by atoms with Crippen molar-refractivity contribution in [3.63, 3.8) is 0 Å². The van der Waals surface area contributed by atoms with Gasteiger partial charge in [0.1, 0.15) is 5.66 Å². The Labute approximate surface area is 263 Å². The fourth-order valence-corrected chi connectivity index (χ4v) is 7.42. The molecule has 0 aromatic heterocycles. The summed E-state index contributed by atoms with van der Waals surface area (Å²) in [5.74, 6) is -2.42. The molecule has 0 radical (unpaired) electrons. The average molecular weight is 605 g/mol. The second kappa shape index (κ2) is 11.8. The van der Waals surface area contributed by atoms with Gasteiger partial charge in [-0.25, -0.2) is 9.80 Å². The molecule has 0 unspecified atom stereocenters. The first kappa shape index (κ1) is 30.6. The Hall–Kier alpha value is -4.40. The number of hydrogen-bond donors (Lipinski definition) is 2. The van der Waals surface area contributed by atoms with Crippen molar-refractivity contribution in [2.45, 2.75) is 83.0 Å². The summed E-state index contributed by atoms with van der Waals surface area (Å²) >= 11 is 0. The van der Waals surface area contributed by atoms with Crippen LogP contribution in [0.15, 0.2) is 72.8 Å². The minimum absolute atomic E-state index is 0.0684. The van der Waals surface area contributed by atoms with Crippen LogP contribution in [0.3, 0.4) is 0 Å². The summed E-state index contributed by atoms with van der Waals surface area (Å²) in [6, 6.07) is 21.6. The molecular weight excluding hydrogens is 564 g/mol. The third-order valence-electron chi connectivity index (χ3n) is 9.59. The van der Waals surface area contributed by atoms with Gasteiger partial charge >= 0.3 is 0 Å². The summed E-state index contributed by atoms with van der Waals surface area (Å²) < 4.78 is 0. The number of fused-ring (bicyclic) bond motifs is 6. The first-order chi connectivity index (χ1) is 21.7. The van der Waals surface area contributed by atoms with Gasteiger partial charge in [0.25, 0.3) is 23.6 Å². The molecule has 0 saturated carbocycles. The third kappa shape index (κ3) is 4.66. The van der Waals surface area contributed by atoms with Crippen LogP contribution in [-0.2, 0) is 0 Å². The van der Waals surface area contributed by atoms with Gasteiger partial charge in [0.15, 0.2) is 5.66 Å². The molecule has 2 heterocycles. The van der Waals surface area contributed by atoms with Crippen LogP contribution in [0.1, 0.15) is 113 Å². The predicted molar refractivity (Wildman–Crippen MR) is 176 cm³/mol. The second-order valence-electron chi connectivity index (χ2n) is 12.4. The van der Waals surface area contributed by atoms with E-state index in [1.807, 2.05) is 43.3 Å². The number of benzene rings is 4. The Bertz CT molecular complexity index is 1730. The second-order valence-corrected chi connectivity index (χ2v) is 12.4. The molecule has 0 aliphatic carbocycles. The number of carbonyl (C=O) groups is 4. The Morgan fingerprint density at radius 2 is 1.00 bits per heavy atom. The van der Waals surface area contributed by atoms with Gasteiger partial charge in [-0.05, 0) is 52.9 Å². The van der Waals surface area contributed by atoms with Crippen molar-refractivity contribution in [3.05, 3.63) is 95.1 Å². The van der Waals surface area contributed by atoms with Crippen LogP contribution >= 0.6 is 0 Å². The number of hydrogen-bond acceptors (Lipinski definition) is 6. The molecule has 2 aliphatic rings. The number of nitrogens with two attached hydrogens (primary N) is 2. The molecule has 6 rings (SSSR count). The normalized spacial score (nSPS) is 15.1. The lowest BCUT2D eigenvalue weighted by Gasteiger charge is -2.54. The van der Waals surface area contributed by atoms with Crippen molar-refractivity contribution in [3.8, 4) is 0 Å². The molecule has 4 N–H and O–H groups in total. The Morgan fingerprint density at radius 3 is 1.49 bits per heavy atom. The molecular formula is C37H40N4O4. The number of rotatable bonds is 12. The van der Waals surface area contributed by atoms with E-state index in [1.165, 1.54) is 0 Å². The number of unbranched alkanes of at least 4 members (excludes halogenated alkanes) is 5. The van der Waals surface area contributed by atoms with Gasteiger partial charge in [-0.15, -0.1) is 0 Å². The number of nitrogens with zero attached hydrogens (tertiary/aromatic N) is 2. The van der Waals surface area contributed by atoms with Gasteiger partial charge in [-0.2, -0.15) is 0 Å². The highest BCUT2D eigenvalue weighted by atomic mass is 16.2. The van der Waals surface area contributed by atoms with Crippen LogP contribution in [0.5, 0.6) is 0 Å². The number of amides is 4. The Morgan fingerprint density at radius 1 is 0.533 bits per heavy atom. The predicted octanol–water partition coefficient (Wildman–Crippen LogP) is 6.75. The highest BCUT2D eigenvalue weighted by Crippen LogP contribution is 2.46. The molecule has 2 aliphatic heterocycles. The molecule has 4 aromatic rings. The van der Waals surface area contributed by atoms with Crippen molar-refractivity contribution < 1.29 is 19.2 Å². The van der Waals surface area contributed by atoms with E-state index >= 15 is 0 Å². The molecule has 0 fully saturated rings. The molecule has 0 atom stereocenters. The molecule has 4 aromatic carbocycles. The third-order valence-corrected chi connectivity index (χ3v) is 9.59. The lowest BCUT2D eigenvalue weighted by atomic mass is 9.81. The van der Waals surface area contributed by atoms with Crippen molar-refractivity contribution in [2.75, 3.05) is 0 Å². The number of carbonyl (C=O) groups excluding carboxylic acids is 4. The molecule has 45 heavy (non-hydrogen) atoms. The van der Waals surface area contributed by atoms with E-state index in [9.17, 15) is 19.2 Å². The van der Waals surface area contributed by atoms with E-state index in [0.717, 1.165) is 52.7 Å². The zero-order valence-corrected chi connectivity index (χ0v) is 26.0. The van der Waals surface area contributed by atoms with Crippen molar-refractivity contribution in [2.24, 2.45) is 11.5 Å². The van der Waals surface area contributed by atoms with Crippen LogP contribution in [0.2, 0.25) is 0 Å². The zero-order chi connectivity index (χ0) is 31.9. The first-order valence-electron chi connectivity index (χ1n) is 16.1. The smallest absolute Gasteiger partial charge is 0.264 e. The van der Waals surface area contributed by atoms with Gasteiger partial charge in [0, 0.05) is 0 Å². The summed E-state index contributed by atoms with van der Waals surface area (Å²) in [5.41, 5.74) is 11.2. The summed E-state index contributed by atoms with van der Waals surface area (Å²) in [6.07, 6.45) is 6.14. The summed E-state index contributed by atoms with van der Waals surface area (Å²) in [7, 11) is 0. The van der Waals surface area contributed by atoms with Crippen LogP contribution in [0.4, 0.5) is 0 Å². The molecule has 0 spiro atoms. The molecule has 0 saturated heterocycles. The summed E-state index contributed by atoms with van der Waals surface area (Å²) in [4.78, 5) is 60.6. The maximum atomic E-state index is 14.7. The van der Waals surface area contributed by atoms with Crippen LogP contribution in [0, 0.1) is 0 Å². The Kier molecular flexibility index (Phi) is 8.05. The van der Waals surface area contributed by atoms with Gasteiger partial charge in [0.05, 0.1) is 22.3 Å². The highest BCUT2D eigenvalue weighted by Gasteiger charge is 2.65. The Balaban J connectivity index is 1.57. The molecule has 232 valence electrons. The van der Waals surface area contributed by atoms with Gasteiger partial charge in [-0.3, -0.25) is 19.2 Å². The van der Waals surface area contributed by atoms with Crippen molar-refractivity contribution >= 4 is 45.2 Å². The summed E-state index contributed by atoms with van der Waals surface area (Å²) in [6.45, 7) is 4.04. The van der Waals surface area contributed by atoms with Gasteiger partial charge in [-0.1, -0.05) is 113 Å².